The van der Waals surface area contributed by atoms with Crippen molar-refractivity contribution in [3.8, 4) is 0 Å². The third-order valence-electron chi connectivity index (χ3n) is 2.81. The van der Waals surface area contributed by atoms with Gasteiger partial charge >= 0.3 is 0 Å². The van der Waals surface area contributed by atoms with Crippen molar-refractivity contribution >= 4 is 0 Å². The Labute approximate surface area is 94.9 Å². The Hall–Kier alpha value is -0.980. The second-order valence-corrected chi connectivity index (χ2v) is 3.90. The molecule has 2 rings (SSSR count). The van der Waals surface area contributed by atoms with E-state index in [0.717, 1.165) is 18.7 Å². The molecule has 1 aromatic rings. The minimum absolute atomic E-state index is 0.0781. The summed E-state index contributed by atoms with van der Waals surface area (Å²) >= 11 is 0. The van der Waals surface area contributed by atoms with Crippen LogP contribution in [0.15, 0.2) is 6.33 Å². The highest BCUT2D eigenvalue weighted by atomic mass is 16.7. The van der Waals surface area contributed by atoms with Gasteiger partial charge in [-0.15, -0.1) is 0 Å². The maximum Gasteiger partial charge on any atom is 0.159 e. The van der Waals surface area contributed by atoms with Crippen molar-refractivity contribution < 1.29 is 9.47 Å². The SMILES string of the molecule is CNC(Cc1ncnn1C)CC1OCCO1. The molecule has 0 saturated carbocycles. The number of nitrogens with zero attached hydrogens (tertiary/aromatic N) is 3. The first-order valence-electron chi connectivity index (χ1n) is 5.53. The molecule has 1 atom stereocenters. The van der Waals surface area contributed by atoms with Crippen molar-refractivity contribution in [2.75, 3.05) is 20.3 Å². The molecular formula is C10H18N4O2. The molecule has 1 saturated heterocycles. The van der Waals surface area contributed by atoms with Crippen molar-refractivity contribution in [2.24, 2.45) is 7.05 Å². The lowest BCUT2D eigenvalue weighted by Crippen LogP contribution is -2.33. The summed E-state index contributed by atoms with van der Waals surface area (Å²) in [7, 11) is 3.84. The van der Waals surface area contributed by atoms with E-state index in [1.165, 1.54) is 0 Å². The Morgan fingerprint density at radius 2 is 2.31 bits per heavy atom. The highest BCUT2D eigenvalue weighted by molar-refractivity contribution is 4.89. The minimum atomic E-state index is -0.0781. The van der Waals surface area contributed by atoms with Crippen molar-refractivity contribution in [3.05, 3.63) is 12.2 Å². The van der Waals surface area contributed by atoms with E-state index in [4.69, 9.17) is 9.47 Å². The third-order valence-corrected chi connectivity index (χ3v) is 2.81. The van der Waals surface area contributed by atoms with Crippen molar-refractivity contribution in [1.82, 2.24) is 20.1 Å². The molecule has 0 aromatic carbocycles. The van der Waals surface area contributed by atoms with Crippen LogP contribution in [-0.2, 0) is 22.9 Å². The molecule has 1 aromatic heterocycles. The highest BCUT2D eigenvalue weighted by Gasteiger charge is 2.21. The van der Waals surface area contributed by atoms with E-state index in [9.17, 15) is 0 Å². The lowest BCUT2D eigenvalue weighted by atomic mass is 10.1. The fourth-order valence-corrected chi connectivity index (χ4v) is 1.80. The number of ether oxygens (including phenoxy) is 2. The standard InChI is InChI=1S/C10H18N4O2/c1-11-8(6-10-15-3-4-16-10)5-9-12-7-13-14(9)2/h7-8,10-11H,3-6H2,1-2H3. The molecule has 6 heteroatoms. The van der Waals surface area contributed by atoms with Crippen LogP contribution in [0.1, 0.15) is 12.2 Å². The van der Waals surface area contributed by atoms with E-state index >= 15 is 0 Å². The highest BCUT2D eigenvalue weighted by Crippen LogP contribution is 2.12. The number of nitrogens with one attached hydrogen (secondary N) is 1. The van der Waals surface area contributed by atoms with E-state index in [1.807, 2.05) is 14.1 Å². The van der Waals surface area contributed by atoms with E-state index in [2.05, 4.69) is 15.4 Å². The van der Waals surface area contributed by atoms with Gasteiger partial charge in [0.05, 0.1) is 13.2 Å². The van der Waals surface area contributed by atoms with Gasteiger partial charge in [-0.25, -0.2) is 4.98 Å². The predicted molar refractivity (Wildman–Crippen MR) is 57.9 cm³/mol. The van der Waals surface area contributed by atoms with Gasteiger partial charge in [0.25, 0.3) is 0 Å². The average molecular weight is 226 g/mol. The van der Waals surface area contributed by atoms with Crippen molar-refractivity contribution in [1.29, 1.82) is 0 Å². The molecule has 16 heavy (non-hydrogen) atoms. The molecule has 1 aliphatic rings. The Kier molecular flexibility index (Phi) is 3.87. The van der Waals surface area contributed by atoms with Crippen molar-refractivity contribution in [3.63, 3.8) is 0 Å². The third kappa shape index (κ3) is 2.78. The van der Waals surface area contributed by atoms with Crippen LogP contribution in [-0.4, -0.2) is 47.4 Å². The largest absolute Gasteiger partial charge is 0.350 e. The first kappa shape index (κ1) is 11.5. The van der Waals surface area contributed by atoms with Gasteiger partial charge in [-0.3, -0.25) is 4.68 Å². The topological polar surface area (TPSA) is 61.2 Å². The maximum absolute atomic E-state index is 5.43. The molecule has 1 fully saturated rings. The molecule has 1 aliphatic heterocycles. The number of rotatable bonds is 5. The first-order chi connectivity index (χ1) is 7.79. The van der Waals surface area contributed by atoms with Gasteiger partial charge in [0.15, 0.2) is 6.29 Å². The van der Waals surface area contributed by atoms with Gasteiger partial charge in [0, 0.05) is 25.9 Å². The number of likely N-dealkylation sites (N-methyl/N-ethyl adjacent to an activating group) is 1. The van der Waals surface area contributed by atoms with Crippen LogP contribution in [0.25, 0.3) is 0 Å². The predicted octanol–water partition coefficient (Wildman–Crippen LogP) is -0.291. The van der Waals surface area contributed by atoms with Gasteiger partial charge in [-0.1, -0.05) is 0 Å². The van der Waals surface area contributed by atoms with Crippen LogP contribution in [0.2, 0.25) is 0 Å². The Bertz CT molecular complexity index is 322. The minimum Gasteiger partial charge on any atom is -0.350 e. The molecule has 0 bridgehead atoms. The molecule has 2 heterocycles. The van der Waals surface area contributed by atoms with Crippen LogP contribution in [0.5, 0.6) is 0 Å². The lowest BCUT2D eigenvalue weighted by molar-refractivity contribution is -0.0523. The summed E-state index contributed by atoms with van der Waals surface area (Å²) in [5.41, 5.74) is 0. The first-order valence-corrected chi connectivity index (χ1v) is 5.53. The number of aryl methyl sites for hydroxylation is 1. The molecule has 0 radical (unpaired) electrons. The van der Waals surface area contributed by atoms with Crippen molar-refractivity contribution in [2.45, 2.75) is 25.2 Å². The van der Waals surface area contributed by atoms with Gasteiger partial charge < -0.3 is 14.8 Å². The van der Waals surface area contributed by atoms with Crippen LogP contribution in [0.3, 0.4) is 0 Å². The summed E-state index contributed by atoms with van der Waals surface area (Å²) in [5, 5.41) is 7.30. The van der Waals surface area contributed by atoms with Crippen LogP contribution < -0.4 is 5.32 Å². The van der Waals surface area contributed by atoms with E-state index in [1.54, 1.807) is 11.0 Å². The molecule has 0 amide bonds. The number of hydrogen-bond acceptors (Lipinski definition) is 5. The van der Waals surface area contributed by atoms with E-state index in [0.29, 0.717) is 19.3 Å². The molecule has 0 aliphatic carbocycles. The molecule has 1 N–H and O–H groups in total. The van der Waals surface area contributed by atoms with Crippen LogP contribution >= 0.6 is 0 Å². The fraction of sp³-hybridized carbons (Fsp3) is 0.800. The molecule has 90 valence electrons. The maximum atomic E-state index is 5.43. The Morgan fingerprint density at radius 3 is 2.88 bits per heavy atom. The number of hydrogen-bond donors (Lipinski definition) is 1. The summed E-state index contributed by atoms with van der Waals surface area (Å²) < 4.78 is 12.7. The zero-order valence-electron chi connectivity index (χ0n) is 9.72. The zero-order chi connectivity index (χ0) is 11.4. The zero-order valence-corrected chi connectivity index (χ0v) is 9.72. The van der Waals surface area contributed by atoms with Crippen LogP contribution in [0.4, 0.5) is 0 Å². The quantitative estimate of drug-likeness (QED) is 0.747. The van der Waals surface area contributed by atoms with Crippen LogP contribution in [0, 0.1) is 0 Å². The Balaban J connectivity index is 1.87. The monoisotopic (exact) mass is 226 g/mol. The fourth-order valence-electron chi connectivity index (χ4n) is 1.80. The second kappa shape index (κ2) is 5.38. The normalized spacial score (nSPS) is 19.1. The Morgan fingerprint density at radius 1 is 1.56 bits per heavy atom. The second-order valence-electron chi connectivity index (χ2n) is 3.90. The van der Waals surface area contributed by atoms with Gasteiger partial charge in [-0.2, -0.15) is 5.10 Å². The van der Waals surface area contributed by atoms with Gasteiger partial charge in [0.2, 0.25) is 0 Å². The summed E-state index contributed by atoms with van der Waals surface area (Å²) in [6.07, 6.45) is 3.16. The molecule has 1 unspecified atom stereocenters. The summed E-state index contributed by atoms with van der Waals surface area (Å²) in [4.78, 5) is 4.21. The lowest BCUT2D eigenvalue weighted by Gasteiger charge is -2.18. The smallest absolute Gasteiger partial charge is 0.159 e. The van der Waals surface area contributed by atoms with Gasteiger partial charge in [0.1, 0.15) is 12.2 Å². The van der Waals surface area contributed by atoms with Gasteiger partial charge in [-0.05, 0) is 7.05 Å². The number of aromatic nitrogens is 3. The van der Waals surface area contributed by atoms with E-state index in [-0.39, 0.29) is 6.29 Å². The van der Waals surface area contributed by atoms with E-state index < -0.39 is 0 Å². The summed E-state index contributed by atoms with van der Waals surface area (Å²) in [6, 6.07) is 0.297. The summed E-state index contributed by atoms with van der Waals surface area (Å²) in [5.74, 6) is 0.970. The molecule has 6 nitrogen and oxygen atoms in total. The average Bonchev–Trinajstić information content (AvgIpc) is 2.90. The molecule has 0 spiro atoms. The summed E-state index contributed by atoms with van der Waals surface area (Å²) in [6.45, 7) is 1.40. The molecular weight excluding hydrogens is 208 g/mol.